The molecule has 0 amide bonds. The number of nitrogens with zero attached hydrogens (tertiary/aromatic N) is 1. The molecule has 0 bridgehead atoms. The third-order valence-electron chi connectivity index (χ3n) is 7.35. The maximum atomic E-state index is 11.4. The van der Waals surface area contributed by atoms with Gasteiger partial charge in [-0.2, -0.15) is 0 Å². The lowest BCUT2D eigenvalue weighted by Gasteiger charge is -2.26. The number of benzene rings is 6. The predicted octanol–water partition coefficient (Wildman–Crippen LogP) is 10.8. The average molecular weight is 570 g/mol. The summed E-state index contributed by atoms with van der Waals surface area (Å²) in [4.78, 5) is 13.7. The summed E-state index contributed by atoms with van der Waals surface area (Å²) in [5.74, 6) is 0.0202. The first-order valence-corrected chi connectivity index (χ1v) is 14.5. The number of rotatable bonds is 9. The van der Waals surface area contributed by atoms with Crippen molar-refractivity contribution < 1.29 is 9.53 Å². The molecule has 0 aliphatic rings. The second-order valence-electron chi connectivity index (χ2n) is 10.3. The first kappa shape index (κ1) is 28.2. The van der Waals surface area contributed by atoms with Gasteiger partial charge in [-0.25, -0.2) is 4.79 Å². The summed E-state index contributed by atoms with van der Waals surface area (Å²) in [5, 5.41) is 0. The molecule has 0 fully saturated rings. The van der Waals surface area contributed by atoms with Crippen LogP contribution in [0, 0.1) is 0 Å². The third kappa shape index (κ3) is 6.75. The van der Waals surface area contributed by atoms with Crippen LogP contribution in [0.4, 0.5) is 17.1 Å². The smallest absolute Gasteiger partial charge is 0.335 e. The number of hydrogen-bond donors (Lipinski definition) is 0. The number of anilines is 3. The van der Waals surface area contributed by atoms with Gasteiger partial charge in [0.25, 0.3) is 0 Å². The van der Waals surface area contributed by atoms with Crippen LogP contribution in [0.15, 0.2) is 170 Å². The summed E-state index contributed by atoms with van der Waals surface area (Å²) in [6, 6.07) is 54.2. The molecule has 0 saturated heterocycles. The summed E-state index contributed by atoms with van der Waals surface area (Å²) >= 11 is 0. The molecule has 0 aliphatic heterocycles. The normalized spacial score (nSPS) is 10.8. The van der Waals surface area contributed by atoms with E-state index in [1.54, 1.807) is 12.1 Å². The van der Waals surface area contributed by atoms with Crippen molar-refractivity contribution in [1.82, 2.24) is 0 Å². The molecule has 0 heterocycles. The van der Waals surface area contributed by atoms with Crippen LogP contribution in [0.1, 0.15) is 11.1 Å². The van der Waals surface area contributed by atoms with Crippen LogP contribution >= 0.6 is 0 Å². The highest BCUT2D eigenvalue weighted by Crippen LogP contribution is 2.37. The van der Waals surface area contributed by atoms with Crippen molar-refractivity contribution >= 4 is 35.2 Å². The highest BCUT2D eigenvalue weighted by Gasteiger charge is 2.13. The Hall–Kier alpha value is -5.93. The molecule has 0 N–H and O–H groups in total. The number of hydrogen-bond acceptors (Lipinski definition) is 3. The van der Waals surface area contributed by atoms with Crippen LogP contribution in [-0.4, -0.2) is 5.97 Å². The van der Waals surface area contributed by atoms with Gasteiger partial charge in [-0.3, -0.25) is 0 Å². The minimum atomic E-state index is -0.471. The zero-order valence-corrected chi connectivity index (χ0v) is 24.2. The highest BCUT2D eigenvalue weighted by atomic mass is 16.5. The van der Waals surface area contributed by atoms with Crippen molar-refractivity contribution in [3.8, 4) is 28.0 Å². The fraction of sp³-hybridized carbons (Fsp3) is 0. The maximum Gasteiger partial charge on any atom is 0.335 e. The van der Waals surface area contributed by atoms with Crippen molar-refractivity contribution in [3.63, 3.8) is 0 Å². The summed E-state index contributed by atoms with van der Waals surface area (Å²) in [5.41, 5.74) is 10.1. The van der Waals surface area contributed by atoms with Crippen molar-refractivity contribution in [2.45, 2.75) is 0 Å². The van der Waals surface area contributed by atoms with Crippen molar-refractivity contribution in [2.75, 3.05) is 4.90 Å². The van der Waals surface area contributed by atoms with E-state index in [1.165, 1.54) is 22.3 Å². The van der Waals surface area contributed by atoms with Crippen LogP contribution in [0.25, 0.3) is 34.4 Å². The van der Waals surface area contributed by atoms with E-state index in [9.17, 15) is 4.79 Å². The van der Waals surface area contributed by atoms with E-state index in [1.807, 2.05) is 30.3 Å². The average Bonchev–Trinajstić information content (AvgIpc) is 3.10. The largest absolute Gasteiger partial charge is 0.423 e. The van der Waals surface area contributed by atoms with Crippen molar-refractivity contribution in [2.24, 2.45) is 0 Å². The Morgan fingerprint density at radius 1 is 0.477 bits per heavy atom. The fourth-order valence-electron chi connectivity index (χ4n) is 5.05. The van der Waals surface area contributed by atoms with E-state index >= 15 is 0 Å². The molecule has 0 aliphatic carbocycles. The predicted molar refractivity (Wildman–Crippen MR) is 183 cm³/mol. The van der Waals surface area contributed by atoms with E-state index in [-0.39, 0.29) is 0 Å². The van der Waals surface area contributed by atoms with Gasteiger partial charge in [0.1, 0.15) is 5.75 Å². The molecule has 0 spiro atoms. The van der Waals surface area contributed by atoms with Gasteiger partial charge in [0.2, 0.25) is 0 Å². The lowest BCUT2D eigenvalue weighted by atomic mass is 10.0. The topological polar surface area (TPSA) is 29.5 Å². The van der Waals surface area contributed by atoms with Gasteiger partial charge in [-0.1, -0.05) is 128 Å². The Balaban J connectivity index is 1.27. The lowest BCUT2D eigenvalue weighted by Crippen LogP contribution is -2.09. The molecular weight excluding hydrogens is 538 g/mol. The van der Waals surface area contributed by atoms with Crippen LogP contribution in [-0.2, 0) is 4.79 Å². The summed E-state index contributed by atoms with van der Waals surface area (Å²) < 4.78 is 5.16. The SMILES string of the molecule is C=CC(=O)Oc1ccc(/C=C\c2ccc(N(c3ccc(-c4ccccc4)cc3)c3ccc(-c4ccccc4)cc3)cc2)cc1. The fourth-order valence-corrected chi connectivity index (χ4v) is 5.05. The molecule has 0 saturated carbocycles. The molecule has 3 nitrogen and oxygen atoms in total. The minimum absolute atomic E-state index is 0.471. The summed E-state index contributed by atoms with van der Waals surface area (Å²) in [7, 11) is 0. The number of ether oxygens (including phenoxy) is 1. The molecule has 6 aromatic carbocycles. The van der Waals surface area contributed by atoms with Crippen LogP contribution < -0.4 is 9.64 Å². The summed E-state index contributed by atoms with van der Waals surface area (Å²) in [6.45, 7) is 3.43. The molecule has 3 heteroatoms. The Bertz CT molecular complexity index is 1770. The minimum Gasteiger partial charge on any atom is -0.423 e. The Labute approximate surface area is 258 Å². The molecule has 0 radical (unpaired) electrons. The van der Waals surface area contributed by atoms with Gasteiger partial charge in [0.05, 0.1) is 0 Å². The Kier molecular flexibility index (Phi) is 8.57. The number of esters is 1. The Morgan fingerprint density at radius 2 is 0.841 bits per heavy atom. The van der Waals surface area contributed by atoms with Gasteiger partial charge in [-0.15, -0.1) is 0 Å². The van der Waals surface area contributed by atoms with Crippen LogP contribution in [0.2, 0.25) is 0 Å². The van der Waals surface area contributed by atoms with E-state index < -0.39 is 5.97 Å². The van der Waals surface area contributed by atoms with Crippen molar-refractivity contribution in [1.29, 1.82) is 0 Å². The maximum absolute atomic E-state index is 11.4. The molecule has 0 atom stereocenters. The second-order valence-corrected chi connectivity index (χ2v) is 10.3. The second kappa shape index (κ2) is 13.4. The monoisotopic (exact) mass is 569 g/mol. The molecule has 6 rings (SSSR count). The van der Waals surface area contributed by atoms with Gasteiger partial charge in [0, 0.05) is 23.1 Å². The van der Waals surface area contributed by atoms with Gasteiger partial charge < -0.3 is 9.64 Å². The van der Waals surface area contributed by atoms with E-state index in [2.05, 4.69) is 139 Å². The Morgan fingerprint density at radius 3 is 1.25 bits per heavy atom. The van der Waals surface area contributed by atoms with Crippen LogP contribution in [0.5, 0.6) is 5.75 Å². The highest BCUT2D eigenvalue weighted by molar-refractivity contribution is 5.83. The summed E-state index contributed by atoms with van der Waals surface area (Å²) in [6.07, 6.45) is 5.26. The number of carbonyl (C=O) groups excluding carboxylic acids is 1. The standard InChI is InChI=1S/C41H31NO2/c1-2-41(43)44-40-29-17-32(18-30-40)14-13-31-15-23-37(24-16-31)42(38-25-19-35(20-26-38)33-9-5-3-6-10-33)39-27-21-36(22-28-39)34-11-7-4-8-12-34/h2-30H,1H2/b14-13-. The van der Waals surface area contributed by atoms with Gasteiger partial charge in [-0.05, 0) is 81.9 Å². The molecule has 0 aromatic heterocycles. The van der Waals surface area contributed by atoms with Gasteiger partial charge >= 0.3 is 5.97 Å². The van der Waals surface area contributed by atoms with Crippen molar-refractivity contribution in [3.05, 3.63) is 182 Å². The molecule has 6 aromatic rings. The van der Waals surface area contributed by atoms with E-state index in [0.717, 1.165) is 34.3 Å². The van der Waals surface area contributed by atoms with Gasteiger partial charge in [0.15, 0.2) is 0 Å². The molecule has 0 unspecified atom stereocenters. The zero-order valence-electron chi connectivity index (χ0n) is 24.2. The first-order valence-electron chi connectivity index (χ1n) is 14.5. The molecule has 212 valence electrons. The van der Waals surface area contributed by atoms with E-state index in [4.69, 9.17) is 4.74 Å². The first-order chi connectivity index (χ1) is 21.7. The van der Waals surface area contributed by atoms with E-state index in [0.29, 0.717) is 5.75 Å². The quantitative estimate of drug-likeness (QED) is 0.0751. The lowest BCUT2D eigenvalue weighted by molar-refractivity contribution is -0.128. The number of carbonyl (C=O) groups is 1. The third-order valence-corrected chi connectivity index (χ3v) is 7.35. The molecular formula is C41H31NO2. The molecule has 44 heavy (non-hydrogen) atoms. The zero-order chi connectivity index (χ0) is 30.1. The van der Waals surface area contributed by atoms with Crippen LogP contribution in [0.3, 0.4) is 0 Å².